The number of carbonyl (C=O) groups is 5. The van der Waals surface area contributed by atoms with Crippen molar-refractivity contribution < 1.29 is 29.1 Å². The first-order valence-electron chi connectivity index (χ1n) is 9.75. The molecule has 0 aromatic heterocycles. The maximum absolute atomic E-state index is 13.3. The van der Waals surface area contributed by atoms with E-state index >= 15 is 0 Å². The summed E-state index contributed by atoms with van der Waals surface area (Å²) in [6, 6.07) is 4.29. The van der Waals surface area contributed by atoms with Gasteiger partial charge >= 0.3 is 5.97 Å². The molecule has 1 heterocycles. The van der Waals surface area contributed by atoms with Gasteiger partial charge in [0.25, 0.3) is 5.91 Å². The topological polar surface area (TPSA) is 121 Å². The molecule has 29 heavy (non-hydrogen) atoms. The molecule has 1 aromatic rings. The number of benzene rings is 1. The first-order chi connectivity index (χ1) is 13.8. The summed E-state index contributed by atoms with van der Waals surface area (Å²) in [6.45, 7) is 0. The summed E-state index contributed by atoms with van der Waals surface area (Å²) < 4.78 is 0. The molecule has 154 valence electrons. The molecule has 1 aliphatic carbocycles. The largest absolute Gasteiger partial charge is 0.481 e. The molecule has 1 aliphatic heterocycles. The zero-order valence-electron chi connectivity index (χ0n) is 16.2. The number of carboxylic acids is 1. The van der Waals surface area contributed by atoms with E-state index in [1.165, 1.54) is 11.9 Å². The third kappa shape index (κ3) is 4.21. The zero-order chi connectivity index (χ0) is 21.1. The summed E-state index contributed by atoms with van der Waals surface area (Å²) in [4.78, 5) is 61.0. The Kier molecular flexibility index (Phi) is 6.10. The van der Waals surface area contributed by atoms with E-state index in [2.05, 4.69) is 5.32 Å². The molecular formula is C21H24N2O6. The van der Waals surface area contributed by atoms with Crippen molar-refractivity contribution in [2.45, 2.75) is 50.5 Å². The molecule has 1 unspecified atom stereocenters. The summed E-state index contributed by atoms with van der Waals surface area (Å²) in [5, 5.41) is 11.5. The van der Waals surface area contributed by atoms with E-state index in [-0.39, 0.29) is 41.7 Å². The summed E-state index contributed by atoms with van der Waals surface area (Å²) in [5.41, 5.74) is 1.21. The van der Waals surface area contributed by atoms with Gasteiger partial charge in [-0.1, -0.05) is 18.2 Å². The summed E-state index contributed by atoms with van der Waals surface area (Å²) in [5.74, 6) is -2.55. The number of hydrogen-bond donors (Lipinski definition) is 2. The van der Waals surface area contributed by atoms with Gasteiger partial charge in [0.2, 0.25) is 11.8 Å². The number of carboxylic acid groups (broad SMARTS) is 1. The van der Waals surface area contributed by atoms with Crippen LogP contribution < -0.4 is 5.32 Å². The van der Waals surface area contributed by atoms with E-state index in [1.807, 2.05) is 0 Å². The maximum atomic E-state index is 13.3. The van der Waals surface area contributed by atoms with Crippen LogP contribution in [0.25, 0.3) is 0 Å². The van der Waals surface area contributed by atoms with Gasteiger partial charge in [-0.05, 0) is 43.6 Å². The standard InChI is InChI=1S/C21H24N2O6/c1-23(16-9-10-17(25)22-19(16)26)20(27)18-14(11-24)3-2-4-15(18)12-5-7-13(8-6-12)21(28)29/h2-4,11-13,16H,5-10H2,1H3,(H,28,29)(H,22,25,26). The lowest BCUT2D eigenvalue weighted by molar-refractivity contribution is -0.143. The highest BCUT2D eigenvalue weighted by Crippen LogP contribution is 2.38. The predicted molar refractivity (Wildman–Crippen MR) is 102 cm³/mol. The Morgan fingerprint density at radius 2 is 1.83 bits per heavy atom. The number of rotatable bonds is 5. The number of amides is 3. The van der Waals surface area contributed by atoms with Crippen molar-refractivity contribution in [1.29, 1.82) is 0 Å². The lowest BCUT2D eigenvalue weighted by atomic mass is 9.76. The fourth-order valence-corrected chi connectivity index (χ4v) is 4.30. The van der Waals surface area contributed by atoms with Gasteiger partial charge in [0, 0.05) is 19.0 Å². The molecule has 8 heteroatoms. The van der Waals surface area contributed by atoms with Gasteiger partial charge < -0.3 is 10.0 Å². The van der Waals surface area contributed by atoms with Crippen molar-refractivity contribution in [3.63, 3.8) is 0 Å². The van der Waals surface area contributed by atoms with Crippen LogP contribution in [0.5, 0.6) is 0 Å². The fourth-order valence-electron chi connectivity index (χ4n) is 4.30. The Balaban J connectivity index is 1.89. The average molecular weight is 400 g/mol. The Bertz CT molecular complexity index is 857. The lowest BCUT2D eigenvalue weighted by Gasteiger charge is -2.32. The molecule has 1 aromatic carbocycles. The van der Waals surface area contributed by atoms with Crippen molar-refractivity contribution in [3.05, 3.63) is 34.9 Å². The lowest BCUT2D eigenvalue weighted by Crippen LogP contribution is -2.53. The van der Waals surface area contributed by atoms with Crippen molar-refractivity contribution in [2.75, 3.05) is 7.05 Å². The highest BCUT2D eigenvalue weighted by atomic mass is 16.4. The molecule has 0 bridgehead atoms. The monoisotopic (exact) mass is 400 g/mol. The fraction of sp³-hybridized carbons (Fsp3) is 0.476. The number of piperidine rings is 1. The van der Waals surface area contributed by atoms with Crippen LogP contribution in [0.4, 0.5) is 0 Å². The number of imide groups is 1. The summed E-state index contributed by atoms with van der Waals surface area (Å²) in [6.07, 6.45) is 3.26. The first-order valence-corrected chi connectivity index (χ1v) is 9.75. The second kappa shape index (κ2) is 8.55. The van der Waals surface area contributed by atoms with E-state index in [9.17, 15) is 29.1 Å². The van der Waals surface area contributed by atoms with Crippen LogP contribution in [0.2, 0.25) is 0 Å². The number of aldehydes is 1. The van der Waals surface area contributed by atoms with Crippen LogP contribution in [-0.2, 0) is 14.4 Å². The molecule has 2 fully saturated rings. The molecule has 3 rings (SSSR count). The van der Waals surface area contributed by atoms with E-state index in [1.54, 1.807) is 18.2 Å². The number of nitrogens with zero attached hydrogens (tertiary/aromatic N) is 1. The first kappa shape index (κ1) is 20.7. The number of likely N-dealkylation sites (N-methyl/N-ethyl adjacent to an activating group) is 1. The van der Waals surface area contributed by atoms with Crippen molar-refractivity contribution in [2.24, 2.45) is 5.92 Å². The second-order valence-corrected chi connectivity index (χ2v) is 7.70. The minimum absolute atomic E-state index is 0.0281. The van der Waals surface area contributed by atoms with Crippen LogP contribution >= 0.6 is 0 Å². The highest BCUT2D eigenvalue weighted by molar-refractivity contribution is 6.06. The van der Waals surface area contributed by atoms with Gasteiger partial charge in [-0.3, -0.25) is 29.3 Å². The molecule has 1 atom stereocenters. The molecule has 1 saturated heterocycles. The molecule has 0 radical (unpaired) electrons. The molecule has 2 N–H and O–H groups in total. The van der Waals surface area contributed by atoms with Gasteiger partial charge in [-0.2, -0.15) is 0 Å². The van der Waals surface area contributed by atoms with E-state index in [0.29, 0.717) is 37.5 Å². The second-order valence-electron chi connectivity index (χ2n) is 7.70. The van der Waals surface area contributed by atoms with Crippen molar-refractivity contribution in [1.82, 2.24) is 10.2 Å². The third-order valence-corrected chi connectivity index (χ3v) is 5.98. The molecule has 1 saturated carbocycles. The summed E-state index contributed by atoms with van der Waals surface area (Å²) in [7, 11) is 1.50. The Labute approximate surface area is 168 Å². The maximum Gasteiger partial charge on any atom is 0.306 e. The number of hydrogen-bond acceptors (Lipinski definition) is 5. The minimum atomic E-state index is -0.806. The molecule has 3 amide bonds. The van der Waals surface area contributed by atoms with Crippen LogP contribution in [0, 0.1) is 5.92 Å². The minimum Gasteiger partial charge on any atom is -0.481 e. The number of carbonyl (C=O) groups excluding carboxylic acids is 4. The normalized spacial score (nSPS) is 24.5. The Morgan fingerprint density at radius 1 is 1.14 bits per heavy atom. The average Bonchev–Trinajstić information content (AvgIpc) is 2.72. The molecule has 8 nitrogen and oxygen atoms in total. The quantitative estimate of drug-likeness (QED) is 0.574. The van der Waals surface area contributed by atoms with Crippen LogP contribution in [-0.4, -0.2) is 53.1 Å². The zero-order valence-corrected chi connectivity index (χ0v) is 16.2. The van der Waals surface area contributed by atoms with Crippen LogP contribution in [0.15, 0.2) is 18.2 Å². The van der Waals surface area contributed by atoms with Crippen molar-refractivity contribution in [3.8, 4) is 0 Å². The van der Waals surface area contributed by atoms with E-state index in [4.69, 9.17) is 0 Å². The highest BCUT2D eigenvalue weighted by Gasteiger charge is 2.35. The van der Waals surface area contributed by atoms with Gasteiger partial charge in [-0.15, -0.1) is 0 Å². The van der Waals surface area contributed by atoms with Gasteiger partial charge in [0.05, 0.1) is 11.5 Å². The predicted octanol–water partition coefficient (Wildman–Crippen LogP) is 1.73. The molecule has 0 spiro atoms. The van der Waals surface area contributed by atoms with Gasteiger partial charge in [-0.25, -0.2) is 0 Å². The van der Waals surface area contributed by atoms with E-state index < -0.39 is 23.8 Å². The van der Waals surface area contributed by atoms with Crippen molar-refractivity contribution >= 4 is 30.0 Å². The van der Waals surface area contributed by atoms with Gasteiger partial charge in [0.15, 0.2) is 6.29 Å². The van der Waals surface area contributed by atoms with E-state index in [0.717, 1.165) is 0 Å². The smallest absolute Gasteiger partial charge is 0.306 e. The Morgan fingerprint density at radius 3 is 2.41 bits per heavy atom. The number of nitrogens with one attached hydrogen (secondary N) is 1. The summed E-state index contributed by atoms with van der Waals surface area (Å²) >= 11 is 0. The SMILES string of the molecule is CN(C(=O)c1c(C=O)cccc1C1CCC(C(=O)O)CC1)C1CCC(=O)NC1=O. The Hall–Kier alpha value is -3.03. The third-order valence-electron chi connectivity index (χ3n) is 5.98. The molecule has 2 aliphatic rings. The van der Waals surface area contributed by atoms with Crippen LogP contribution in [0.3, 0.4) is 0 Å². The number of aliphatic carboxylic acids is 1. The van der Waals surface area contributed by atoms with Crippen LogP contribution in [0.1, 0.15) is 70.7 Å². The van der Waals surface area contributed by atoms with Gasteiger partial charge in [0.1, 0.15) is 6.04 Å². The molecular weight excluding hydrogens is 376 g/mol.